The van der Waals surface area contributed by atoms with E-state index < -0.39 is 5.97 Å². The Labute approximate surface area is 128 Å². The number of rotatable bonds is 3. The predicted octanol–water partition coefficient (Wildman–Crippen LogP) is 3.19. The molecule has 1 aliphatic heterocycles. The lowest BCUT2D eigenvalue weighted by Crippen LogP contribution is -2.37. The van der Waals surface area contributed by atoms with Gasteiger partial charge in [-0.05, 0) is 11.5 Å². The number of nitrogens with zero attached hydrogens (tertiary/aromatic N) is 1. The second-order valence-electron chi connectivity index (χ2n) is 4.56. The highest BCUT2D eigenvalue weighted by molar-refractivity contribution is 8.13. The molecule has 0 saturated carbocycles. The molecule has 0 spiro atoms. The van der Waals surface area contributed by atoms with Gasteiger partial charge in [0, 0.05) is 22.4 Å². The third-order valence-electron chi connectivity index (χ3n) is 3.27. The third-order valence-corrected chi connectivity index (χ3v) is 5.35. The molecule has 2 amide bonds. The molecule has 1 aliphatic rings. The van der Waals surface area contributed by atoms with Crippen LogP contribution in [0.1, 0.15) is 21.7 Å². The van der Waals surface area contributed by atoms with E-state index >= 15 is 0 Å². The molecule has 108 valence electrons. The summed E-state index contributed by atoms with van der Waals surface area (Å²) in [5, 5.41) is 9.83. The van der Waals surface area contributed by atoms with Crippen molar-refractivity contribution in [3.63, 3.8) is 0 Å². The van der Waals surface area contributed by atoms with E-state index in [1.807, 2.05) is 24.3 Å². The maximum Gasteiger partial charge on any atom is 0.346 e. The highest BCUT2D eigenvalue weighted by Gasteiger charge is 2.29. The fraction of sp³-hybridized carbons (Fsp3) is 0.214. The van der Waals surface area contributed by atoms with E-state index in [2.05, 4.69) is 0 Å². The zero-order valence-electron chi connectivity index (χ0n) is 10.9. The van der Waals surface area contributed by atoms with Crippen molar-refractivity contribution < 1.29 is 19.5 Å². The van der Waals surface area contributed by atoms with Crippen molar-refractivity contribution in [3.8, 4) is 0 Å². The Bertz CT molecular complexity index is 737. The molecule has 0 unspecified atom stereocenters. The summed E-state index contributed by atoms with van der Waals surface area (Å²) in [6.07, 6.45) is 0.306. The molecule has 21 heavy (non-hydrogen) atoms. The first kappa shape index (κ1) is 14.1. The minimum atomic E-state index is -1.03. The topological polar surface area (TPSA) is 74.7 Å². The molecule has 2 aromatic rings. The molecule has 7 heteroatoms. The molecule has 0 atom stereocenters. The average Bonchev–Trinajstić information content (AvgIpc) is 2.82. The zero-order chi connectivity index (χ0) is 15.0. The number of carboxylic acids is 1. The van der Waals surface area contributed by atoms with Crippen LogP contribution in [0.15, 0.2) is 24.3 Å². The van der Waals surface area contributed by atoms with Crippen molar-refractivity contribution in [2.75, 3.05) is 5.75 Å². The number of fused-ring (bicyclic) bond motifs is 1. The Kier molecular flexibility index (Phi) is 3.69. The molecule has 0 aliphatic carbocycles. The molecule has 1 saturated heterocycles. The van der Waals surface area contributed by atoms with Crippen LogP contribution in [0.3, 0.4) is 0 Å². The number of carboxylic acid groups (broad SMARTS) is 1. The van der Waals surface area contributed by atoms with E-state index in [1.54, 1.807) is 0 Å². The summed E-state index contributed by atoms with van der Waals surface area (Å²) in [5.74, 6) is -0.786. The normalized spacial score (nSPS) is 15.7. The summed E-state index contributed by atoms with van der Waals surface area (Å²) in [6, 6.07) is 7.31. The van der Waals surface area contributed by atoms with Crippen molar-refractivity contribution >= 4 is 50.3 Å². The second kappa shape index (κ2) is 5.50. The van der Waals surface area contributed by atoms with Crippen molar-refractivity contribution in [2.45, 2.75) is 13.0 Å². The Morgan fingerprint density at radius 3 is 2.76 bits per heavy atom. The summed E-state index contributed by atoms with van der Waals surface area (Å²) in [5.41, 5.74) is 0.535. The highest BCUT2D eigenvalue weighted by atomic mass is 32.2. The lowest BCUT2D eigenvalue weighted by Gasteiger charge is -2.24. The second-order valence-corrected chi connectivity index (χ2v) is 6.65. The SMILES string of the molecule is O=C(O)c1sc2ccccc2c1CN1C(=O)CCSC1=O. The molecule has 1 aromatic carbocycles. The monoisotopic (exact) mass is 321 g/mol. The number of thiophene rings is 1. The maximum absolute atomic E-state index is 11.9. The van der Waals surface area contributed by atoms with E-state index in [0.29, 0.717) is 17.7 Å². The van der Waals surface area contributed by atoms with Crippen LogP contribution in [0.2, 0.25) is 0 Å². The average molecular weight is 321 g/mol. The van der Waals surface area contributed by atoms with Crippen molar-refractivity contribution in [1.29, 1.82) is 0 Å². The van der Waals surface area contributed by atoms with Crippen LogP contribution in [-0.4, -0.2) is 32.9 Å². The van der Waals surface area contributed by atoms with E-state index in [0.717, 1.165) is 26.7 Å². The maximum atomic E-state index is 11.9. The molecule has 2 heterocycles. The number of benzene rings is 1. The zero-order valence-corrected chi connectivity index (χ0v) is 12.5. The first-order valence-corrected chi connectivity index (χ1v) is 8.09. The summed E-state index contributed by atoms with van der Waals surface area (Å²) in [4.78, 5) is 36.5. The number of carbonyl (C=O) groups is 3. The van der Waals surface area contributed by atoms with Gasteiger partial charge in [0.1, 0.15) is 4.88 Å². The first-order valence-electron chi connectivity index (χ1n) is 6.28. The van der Waals surface area contributed by atoms with Crippen LogP contribution in [-0.2, 0) is 11.3 Å². The highest BCUT2D eigenvalue weighted by Crippen LogP contribution is 2.33. The summed E-state index contributed by atoms with van der Waals surface area (Å²) in [6.45, 7) is 0.0241. The van der Waals surface area contributed by atoms with Crippen LogP contribution < -0.4 is 0 Å². The van der Waals surface area contributed by atoms with E-state index in [4.69, 9.17) is 0 Å². The Morgan fingerprint density at radius 1 is 1.29 bits per heavy atom. The number of imide groups is 1. The number of carbonyl (C=O) groups excluding carboxylic acids is 2. The van der Waals surface area contributed by atoms with Crippen molar-refractivity contribution in [1.82, 2.24) is 4.90 Å². The van der Waals surface area contributed by atoms with Crippen molar-refractivity contribution in [2.24, 2.45) is 0 Å². The van der Waals surface area contributed by atoms with Gasteiger partial charge in [0.05, 0.1) is 6.54 Å². The van der Waals surface area contributed by atoms with E-state index in [-0.39, 0.29) is 22.6 Å². The molecular formula is C14H11NO4S2. The predicted molar refractivity (Wildman–Crippen MR) is 81.8 cm³/mol. The number of aromatic carboxylic acids is 1. The number of thioether (sulfide) groups is 1. The van der Waals surface area contributed by atoms with Gasteiger partial charge >= 0.3 is 5.97 Å². The molecule has 1 aromatic heterocycles. The largest absolute Gasteiger partial charge is 0.477 e. The minimum Gasteiger partial charge on any atom is -0.477 e. The van der Waals surface area contributed by atoms with Crippen LogP contribution in [0.25, 0.3) is 10.1 Å². The minimum absolute atomic E-state index is 0.0241. The Morgan fingerprint density at radius 2 is 2.05 bits per heavy atom. The number of hydrogen-bond donors (Lipinski definition) is 1. The van der Waals surface area contributed by atoms with Crippen LogP contribution in [0, 0.1) is 0 Å². The van der Waals surface area contributed by atoms with Crippen LogP contribution in [0.4, 0.5) is 4.79 Å². The summed E-state index contributed by atoms with van der Waals surface area (Å²) >= 11 is 2.26. The molecule has 1 N–H and O–H groups in total. The molecule has 0 bridgehead atoms. The smallest absolute Gasteiger partial charge is 0.346 e. The van der Waals surface area contributed by atoms with Gasteiger partial charge in [-0.3, -0.25) is 14.5 Å². The number of amides is 2. The lowest BCUT2D eigenvalue weighted by atomic mass is 10.1. The van der Waals surface area contributed by atoms with Gasteiger partial charge < -0.3 is 5.11 Å². The summed E-state index contributed by atoms with van der Waals surface area (Å²) in [7, 11) is 0. The van der Waals surface area contributed by atoms with Gasteiger partial charge in [-0.15, -0.1) is 11.3 Å². The van der Waals surface area contributed by atoms with Gasteiger partial charge in [0.25, 0.3) is 5.24 Å². The summed E-state index contributed by atoms with van der Waals surface area (Å²) < 4.78 is 0.842. The molecule has 3 rings (SSSR count). The standard InChI is InChI=1S/C14H11NO4S2/c16-11-5-6-20-14(19)15(11)7-9-8-3-1-2-4-10(8)21-12(9)13(17)18/h1-4H,5-7H2,(H,17,18). The van der Waals surface area contributed by atoms with Gasteiger partial charge in [-0.1, -0.05) is 30.0 Å². The quantitative estimate of drug-likeness (QED) is 0.939. The van der Waals surface area contributed by atoms with E-state index in [1.165, 1.54) is 11.3 Å². The van der Waals surface area contributed by atoms with Crippen molar-refractivity contribution in [3.05, 3.63) is 34.7 Å². The van der Waals surface area contributed by atoms with Crippen LogP contribution in [0.5, 0.6) is 0 Å². The molecular weight excluding hydrogens is 310 g/mol. The molecule has 5 nitrogen and oxygen atoms in total. The van der Waals surface area contributed by atoms with Gasteiger partial charge in [-0.2, -0.15) is 0 Å². The van der Waals surface area contributed by atoms with Gasteiger partial charge in [0.15, 0.2) is 0 Å². The first-order chi connectivity index (χ1) is 10.1. The fourth-order valence-corrected chi connectivity index (χ4v) is 4.11. The van der Waals surface area contributed by atoms with Crippen LogP contribution >= 0.6 is 23.1 Å². The van der Waals surface area contributed by atoms with Gasteiger partial charge in [-0.25, -0.2) is 4.79 Å². The van der Waals surface area contributed by atoms with E-state index in [9.17, 15) is 19.5 Å². The Balaban J connectivity index is 2.06. The lowest BCUT2D eigenvalue weighted by molar-refractivity contribution is -0.128. The Hall–Kier alpha value is -1.86. The molecule has 1 fully saturated rings. The third kappa shape index (κ3) is 2.54. The number of hydrogen-bond acceptors (Lipinski definition) is 5. The fourth-order valence-electron chi connectivity index (χ4n) is 2.28. The molecule has 0 radical (unpaired) electrons. The van der Waals surface area contributed by atoms with Gasteiger partial charge in [0.2, 0.25) is 5.91 Å².